The van der Waals surface area contributed by atoms with Gasteiger partial charge in [-0.3, -0.25) is 33.6 Å². The van der Waals surface area contributed by atoms with Crippen molar-refractivity contribution in [3.8, 4) is 0 Å². The van der Waals surface area contributed by atoms with Crippen molar-refractivity contribution in [1.82, 2.24) is 37.2 Å². The molecular formula is C51H83N11O10. The van der Waals surface area contributed by atoms with Crippen LogP contribution < -0.4 is 60.2 Å². The van der Waals surface area contributed by atoms with Gasteiger partial charge in [-0.2, -0.15) is 0 Å². The number of nitrogens with two attached hydrogens (primary N) is 4. The van der Waals surface area contributed by atoms with Crippen molar-refractivity contribution in [2.75, 3.05) is 26.2 Å². The smallest absolute Gasteiger partial charge is 0.326 e. The van der Waals surface area contributed by atoms with Crippen molar-refractivity contribution >= 4 is 47.3 Å². The average Bonchev–Trinajstić information content (AvgIpc) is 3.34. The molecule has 0 spiro atoms. The number of aliphatic hydroxyl groups is 1. The van der Waals surface area contributed by atoms with Gasteiger partial charge in [-0.25, -0.2) is 4.79 Å². The lowest BCUT2D eigenvalue weighted by Crippen LogP contribution is -2.61. The summed E-state index contributed by atoms with van der Waals surface area (Å²) in [7, 11) is 0. The molecule has 0 saturated carbocycles. The van der Waals surface area contributed by atoms with Crippen molar-refractivity contribution < 1.29 is 48.6 Å². The van der Waals surface area contributed by atoms with Gasteiger partial charge >= 0.3 is 5.97 Å². The van der Waals surface area contributed by atoms with Crippen LogP contribution in [0.4, 0.5) is 0 Å². The molecule has 21 heteroatoms. The molecule has 0 bridgehead atoms. The van der Waals surface area contributed by atoms with Crippen molar-refractivity contribution in [1.29, 1.82) is 0 Å². The number of nitrogens with one attached hydrogen (secondary N) is 7. The Morgan fingerprint density at radius 3 is 1.14 bits per heavy atom. The molecule has 2 rings (SSSR count). The maximum Gasteiger partial charge on any atom is 0.326 e. The minimum absolute atomic E-state index is 0.0134. The lowest BCUT2D eigenvalue weighted by Gasteiger charge is -2.28. The summed E-state index contributed by atoms with van der Waals surface area (Å²) < 4.78 is 0. The third-order valence-electron chi connectivity index (χ3n) is 11.8. The van der Waals surface area contributed by atoms with E-state index in [1.807, 2.05) is 27.7 Å². The zero-order chi connectivity index (χ0) is 53.6. The highest BCUT2D eigenvalue weighted by atomic mass is 16.4. The predicted octanol–water partition coefficient (Wildman–Crippen LogP) is -0.251. The molecule has 2 aromatic rings. The number of carboxylic acid groups (broad SMARTS) is 1. The highest BCUT2D eigenvalue weighted by Gasteiger charge is 2.35. The van der Waals surface area contributed by atoms with Gasteiger partial charge < -0.3 is 70.4 Å². The summed E-state index contributed by atoms with van der Waals surface area (Å²) in [6.07, 6.45) is 3.69. The molecular weight excluding hydrogens is 927 g/mol. The molecule has 0 unspecified atom stereocenters. The molecule has 0 aliphatic rings. The van der Waals surface area contributed by atoms with E-state index in [0.717, 1.165) is 0 Å². The first kappa shape index (κ1) is 62.1. The van der Waals surface area contributed by atoms with Gasteiger partial charge in [0.2, 0.25) is 41.4 Å². The van der Waals surface area contributed by atoms with E-state index in [-0.39, 0.29) is 56.9 Å². The number of amides is 7. The van der Waals surface area contributed by atoms with Gasteiger partial charge in [-0.1, -0.05) is 94.8 Å². The summed E-state index contributed by atoms with van der Waals surface area (Å²) in [6, 6.07) is 7.80. The fraction of sp³-hybridized carbons (Fsp3) is 0.608. The molecule has 402 valence electrons. The molecule has 0 heterocycles. The number of carboxylic acids is 1. The molecule has 21 nitrogen and oxygen atoms in total. The second-order valence-corrected chi connectivity index (χ2v) is 19.0. The van der Waals surface area contributed by atoms with Crippen LogP contribution in [0.5, 0.6) is 0 Å². The molecule has 0 aliphatic carbocycles. The fourth-order valence-electron chi connectivity index (χ4n) is 7.78. The van der Waals surface area contributed by atoms with Crippen LogP contribution in [-0.4, -0.2) is 132 Å². The first-order valence-electron chi connectivity index (χ1n) is 25.2. The van der Waals surface area contributed by atoms with Crippen LogP contribution in [0.25, 0.3) is 0 Å². The van der Waals surface area contributed by atoms with Crippen LogP contribution in [0.3, 0.4) is 0 Å². The highest BCUT2D eigenvalue weighted by Crippen LogP contribution is 2.13. The van der Waals surface area contributed by atoms with Crippen LogP contribution >= 0.6 is 0 Å². The predicted molar refractivity (Wildman–Crippen MR) is 274 cm³/mol. The van der Waals surface area contributed by atoms with E-state index in [2.05, 4.69) is 37.2 Å². The molecule has 72 heavy (non-hydrogen) atoms. The lowest BCUT2D eigenvalue weighted by molar-refractivity contribution is -0.142. The summed E-state index contributed by atoms with van der Waals surface area (Å²) >= 11 is 0. The molecule has 0 saturated heterocycles. The molecule has 17 N–H and O–H groups in total. The summed E-state index contributed by atoms with van der Waals surface area (Å²) in [6.45, 7) is 7.54. The summed E-state index contributed by atoms with van der Waals surface area (Å²) in [5.74, 6) is -6.64. The minimum atomic E-state index is -1.45. The third kappa shape index (κ3) is 23.9. The topological polar surface area (TPSA) is 365 Å². The molecule has 8 atom stereocenters. The van der Waals surface area contributed by atoms with E-state index in [1.165, 1.54) is 0 Å². The number of aliphatic hydroxyl groups excluding tert-OH is 1. The SMILES string of the molecule is CC(C)C[C@H](NC(=O)[C@H](Cc1ccccc1)NC(=O)[C@H](CC(C)C)NC(=O)[C@H](Cc1ccccc1)NC(=O)[C@H](CCCCN)NC(=O)[C@H](CCCCN)NC(=O)[C@H](CO)NC(=O)[C@@H](N)CCCCN)C(=O)O. The van der Waals surface area contributed by atoms with Crippen LogP contribution in [-0.2, 0) is 51.2 Å². The number of aliphatic carboxylic acids is 1. The first-order valence-corrected chi connectivity index (χ1v) is 25.2. The number of rotatable bonds is 36. The number of hydrogen-bond donors (Lipinski definition) is 13. The van der Waals surface area contributed by atoms with Crippen molar-refractivity contribution in [2.24, 2.45) is 34.8 Å². The van der Waals surface area contributed by atoms with Crippen LogP contribution in [0, 0.1) is 11.8 Å². The number of carbonyl (C=O) groups is 8. The van der Waals surface area contributed by atoms with Gasteiger partial charge in [0, 0.05) is 12.8 Å². The van der Waals surface area contributed by atoms with Gasteiger partial charge in [-0.05, 0) is 107 Å². The van der Waals surface area contributed by atoms with Gasteiger partial charge in [0.25, 0.3) is 0 Å². The third-order valence-corrected chi connectivity index (χ3v) is 11.8. The van der Waals surface area contributed by atoms with E-state index in [9.17, 15) is 48.6 Å². The number of benzene rings is 2. The maximum atomic E-state index is 14.5. The molecule has 0 aromatic heterocycles. The zero-order valence-corrected chi connectivity index (χ0v) is 42.5. The van der Waals surface area contributed by atoms with Gasteiger partial charge in [-0.15, -0.1) is 0 Å². The monoisotopic (exact) mass is 1010 g/mol. The first-order chi connectivity index (χ1) is 34.3. The molecule has 0 fully saturated rings. The van der Waals surface area contributed by atoms with Crippen molar-refractivity contribution in [3.05, 3.63) is 71.8 Å². The normalized spacial score (nSPS) is 14.6. The summed E-state index contributed by atoms with van der Waals surface area (Å²) in [4.78, 5) is 110. The van der Waals surface area contributed by atoms with Crippen LogP contribution in [0.2, 0.25) is 0 Å². The fourth-order valence-corrected chi connectivity index (χ4v) is 7.78. The zero-order valence-electron chi connectivity index (χ0n) is 42.5. The average molecular weight is 1010 g/mol. The summed E-state index contributed by atoms with van der Waals surface area (Å²) in [5, 5.41) is 38.7. The second kappa shape index (κ2) is 34.4. The Kier molecular flexibility index (Phi) is 29.7. The van der Waals surface area contributed by atoms with E-state index in [0.29, 0.717) is 69.2 Å². The van der Waals surface area contributed by atoms with Gasteiger partial charge in [0.05, 0.1) is 12.6 Å². The Morgan fingerprint density at radius 2 is 0.750 bits per heavy atom. The lowest BCUT2D eigenvalue weighted by atomic mass is 9.99. The Morgan fingerprint density at radius 1 is 0.431 bits per heavy atom. The van der Waals surface area contributed by atoms with Crippen LogP contribution in [0.15, 0.2) is 60.7 Å². The Balaban J connectivity index is 2.46. The van der Waals surface area contributed by atoms with E-state index >= 15 is 0 Å². The number of hydrogen-bond acceptors (Lipinski definition) is 13. The van der Waals surface area contributed by atoms with E-state index in [1.54, 1.807) is 60.7 Å². The van der Waals surface area contributed by atoms with E-state index < -0.39 is 102 Å². The largest absolute Gasteiger partial charge is 0.480 e. The Labute approximate surface area is 424 Å². The van der Waals surface area contributed by atoms with Crippen molar-refractivity contribution in [2.45, 2.75) is 160 Å². The van der Waals surface area contributed by atoms with Gasteiger partial charge in [0.15, 0.2) is 0 Å². The highest BCUT2D eigenvalue weighted by molar-refractivity contribution is 5.97. The van der Waals surface area contributed by atoms with Gasteiger partial charge in [0.1, 0.15) is 42.3 Å². The van der Waals surface area contributed by atoms with Crippen LogP contribution in [0.1, 0.15) is 109 Å². The van der Waals surface area contributed by atoms with Crippen molar-refractivity contribution in [3.63, 3.8) is 0 Å². The Bertz CT molecular complexity index is 1980. The quantitative estimate of drug-likeness (QED) is 0.0392. The Hall–Kier alpha value is -6.00. The molecule has 7 amide bonds. The number of carbonyl (C=O) groups excluding carboxylic acids is 7. The minimum Gasteiger partial charge on any atom is -0.480 e. The molecule has 2 aromatic carbocycles. The molecule has 0 radical (unpaired) electrons. The summed E-state index contributed by atoms with van der Waals surface area (Å²) in [5.41, 5.74) is 24.4. The number of unbranched alkanes of at least 4 members (excludes halogenated alkanes) is 3. The van der Waals surface area contributed by atoms with E-state index in [4.69, 9.17) is 22.9 Å². The standard InChI is InChI=1S/C51H83N11O10/c1-32(2)27-39(47(67)60-41(30-35-19-9-6-10-20-35)49(69)61-42(51(71)72)28-33(3)4)58-48(68)40(29-34-17-7-5-8-18-34)59-46(66)38(23-13-16-26-54)56-45(65)37(22-12-15-25-53)57-50(70)43(31-63)62-44(64)36(55)21-11-14-24-52/h5-10,17-20,32-33,36-43,63H,11-16,21-31,52-55H2,1-4H3,(H,56,65)(H,57,70)(H,58,68)(H,59,66)(H,60,67)(H,61,69)(H,62,64)(H,71,72)/t36-,37-,38-,39-,40-,41-,42-,43-/m0/s1. The maximum absolute atomic E-state index is 14.5. The molecule has 0 aliphatic heterocycles. The second-order valence-electron chi connectivity index (χ2n) is 19.0.